The minimum Gasteiger partial charge on any atom is -0.426 e. The summed E-state index contributed by atoms with van der Waals surface area (Å²) in [6.07, 6.45) is 1.99. The van der Waals surface area contributed by atoms with E-state index in [0.717, 1.165) is 12.0 Å². The Morgan fingerprint density at radius 2 is 1.66 bits per heavy atom. The molecule has 0 amide bonds. The molecule has 1 saturated heterocycles. The van der Waals surface area contributed by atoms with E-state index in [2.05, 4.69) is 81.2 Å². The molecule has 1 aliphatic heterocycles. The maximum atomic E-state index is 13.0. The number of hydrogen-bond acceptors (Lipinski definition) is 6. The normalized spacial score (nSPS) is 47.6. The van der Waals surface area contributed by atoms with Gasteiger partial charge < -0.3 is 23.4 Å². The molecule has 4 fully saturated rings. The Hall–Kier alpha value is -0.676. The standard InChI is InChI=1S/C30H52O6Si2/c1-17-14-19-21(27(19,6)7)22-23(35-38(12,13)26(3,4)5)18(2)24-29(34-25(31)33-24)16-28(8,32)15-20(29)30(17,22)36-37(9,10)11/h15,17-19,21-24,32H,14,16H2,1-13H3/t17-,18+,19-,21?,22?,23-,24-,28-,29+,30+/m1/s1. The lowest BCUT2D eigenvalue weighted by atomic mass is 9.62. The van der Waals surface area contributed by atoms with Gasteiger partial charge in [0.2, 0.25) is 0 Å². The highest BCUT2D eigenvalue weighted by Gasteiger charge is 2.79. The summed E-state index contributed by atoms with van der Waals surface area (Å²) in [6.45, 7) is 29.4. The first kappa shape index (κ1) is 28.8. The Labute approximate surface area is 232 Å². The van der Waals surface area contributed by atoms with Gasteiger partial charge in [0.05, 0.1) is 17.3 Å². The zero-order valence-electron chi connectivity index (χ0n) is 26.0. The molecule has 1 heterocycles. The quantitative estimate of drug-likeness (QED) is 0.227. The van der Waals surface area contributed by atoms with Crippen molar-refractivity contribution in [3.05, 3.63) is 11.6 Å². The zero-order chi connectivity index (χ0) is 28.6. The Balaban J connectivity index is 1.82. The molecule has 5 rings (SSSR count). The smallest absolute Gasteiger partial charge is 0.426 e. The lowest BCUT2D eigenvalue weighted by Gasteiger charge is -2.56. The summed E-state index contributed by atoms with van der Waals surface area (Å²) in [6, 6.07) is 0. The van der Waals surface area contributed by atoms with Crippen molar-refractivity contribution < 1.29 is 28.2 Å². The molecule has 38 heavy (non-hydrogen) atoms. The number of carbonyl (C=O) groups excluding carboxylic acids is 1. The Kier molecular flexibility index (Phi) is 6.06. The fourth-order valence-electron chi connectivity index (χ4n) is 8.78. The molecule has 4 aliphatic carbocycles. The molecule has 2 unspecified atom stereocenters. The van der Waals surface area contributed by atoms with Crippen LogP contribution in [0, 0.1) is 35.0 Å². The number of carbonyl (C=O) groups is 1. The summed E-state index contributed by atoms with van der Waals surface area (Å²) >= 11 is 0. The van der Waals surface area contributed by atoms with E-state index in [-0.39, 0.29) is 40.7 Å². The highest BCUT2D eigenvalue weighted by atomic mass is 28.4. The van der Waals surface area contributed by atoms with Crippen LogP contribution in [0.4, 0.5) is 4.79 Å². The Morgan fingerprint density at radius 1 is 1.05 bits per heavy atom. The van der Waals surface area contributed by atoms with Gasteiger partial charge in [-0.2, -0.15) is 0 Å². The van der Waals surface area contributed by atoms with Crippen LogP contribution in [0.25, 0.3) is 0 Å². The number of hydrogen-bond donors (Lipinski definition) is 1. The van der Waals surface area contributed by atoms with Gasteiger partial charge in [-0.3, -0.25) is 0 Å². The number of aliphatic hydroxyl groups is 1. The van der Waals surface area contributed by atoms with E-state index < -0.39 is 45.7 Å². The molecule has 0 bridgehead atoms. The summed E-state index contributed by atoms with van der Waals surface area (Å²) in [5, 5.41) is 11.6. The number of ether oxygens (including phenoxy) is 2. The molecular weight excluding hydrogens is 512 g/mol. The Bertz CT molecular complexity index is 1050. The summed E-state index contributed by atoms with van der Waals surface area (Å²) in [7, 11) is -4.38. The topological polar surface area (TPSA) is 74.2 Å². The maximum Gasteiger partial charge on any atom is 0.509 e. The second-order valence-electron chi connectivity index (χ2n) is 16.7. The van der Waals surface area contributed by atoms with Crippen molar-refractivity contribution >= 4 is 22.8 Å². The molecule has 3 saturated carbocycles. The van der Waals surface area contributed by atoms with Gasteiger partial charge in [-0.15, -0.1) is 0 Å². The fourth-order valence-corrected chi connectivity index (χ4v) is 11.6. The van der Waals surface area contributed by atoms with Gasteiger partial charge in [0.15, 0.2) is 28.3 Å². The van der Waals surface area contributed by atoms with Gasteiger partial charge in [-0.25, -0.2) is 4.79 Å². The van der Waals surface area contributed by atoms with Crippen molar-refractivity contribution in [1.29, 1.82) is 0 Å². The summed E-state index contributed by atoms with van der Waals surface area (Å²) in [5.41, 5.74) is -1.76. The third kappa shape index (κ3) is 3.90. The molecule has 0 aromatic heterocycles. The minimum atomic E-state index is -2.23. The van der Waals surface area contributed by atoms with Crippen LogP contribution in [0.15, 0.2) is 11.6 Å². The van der Waals surface area contributed by atoms with E-state index in [9.17, 15) is 9.90 Å². The van der Waals surface area contributed by atoms with E-state index in [1.807, 2.05) is 13.0 Å². The van der Waals surface area contributed by atoms with Crippen molar-refractivity contribution in [2.45, 2.75) is 135 Å². The van der Waals surface area contributed by atoms with Crippen molar-refractivity contribution in [1.82, 2.24) is 0 Å². The van der Waals surface area contributed by atoms with Gasteiger partial charge in [0, 0.05) is 23.8 Å². The molecule has 0 aromatic carbocycles. The molecule has 0 radical (unpaired) electrons. The predicted molar refractivity (Wildman–Crippen MR) is 154 cm³/mol. The molecular formula is C30H52O6Si2. The summed E-state index contributed by atoms with van der Waals surface area (Å²) < 4.78 is 27.3. The van der Waals surface area contributed by atoms with Crippen molar-refractivity contribution in [3.8, 4) is 0 Å². The van der Waals surface area contributed by atoms with Gasteiger partial charge in [0.25, 0.3) is 0 Å². The van der Waals surface area contributed by atoms with Gasteiger partial charge in [-0.1, -0.05) is 48.5 Å². The van der Waals surface area contributed by atoms with Gasteiger partial charge in [-0.05, 0) is 80.4 Å². The second-order valence-corrected chi connectivity index (χ2v) is 25.9. The molecule has 5 aliphatic rings. The third-order valence-corrected chi connectivity index (χ3v) is 16.7. The van der Waals surface area contributed by atoms with E-state index in [1.165, 1.54) is 0 Å². The van der Waals surface area contributed by atoms with Crippen molar-refractivity contribution in [2.75, 3.05) is 0 Å². The van der Waals surface area contributed by atoms with Crippen LogP contribution in [-0.4, -0.2) is 56.9 Å². The van der Waals surface area contributed by atoms with Gasteiger partial charge >= 0.3 is 6.16 Å². The predicted octanol–water partition coefficient (Wildman–Crippen LogP) is 6.90. The first-order valence-electron chi connectivity index (χ1n) is 14.7. The zero-order valence-corrected chi connectivity index (χ0v) is 28.0. The van der Waals surface area contributed by atoms with Crippen LogP contribution in [0.3, 0.4) is 0 Å². The average Bonchev–Trinajstić information content (AvgIpc) is 2.98. The first-order valence-corrected chi connectivity index (χ1v) is 21.1. The molecule has 216 valence electrons. The van der Waals surface area contributed by atoms with Crippen LogP contribution >= 0.6 is 0 Å². The Morgan fingerprint density at radius 3 is 2.21 bits per heavy atom. The fraction of sp³-hybridized carbons (Fsp3) is 0.900. The monoisotopic (exact) mass is 564 g/mol. The average molecular weight is 565 g/mol. The largest absolute Gasteiger partial charge is 0.509 e. The highest BCUT2D eigenvalue weighted by Crippen LogP contribution is 2.76. The molecule has 8 heteroatoms. The highest BCUT2D eigenvalue weighted by molar-refractivity contribution is 6.74. The van der Waals surface area contributed by atoms with Crippen LogP contribution in [0.1, 0.15) is 68.2 Å². The molecule has 6 nitrogen and oxygen atoms in total. The van der Waals surface area contributed by atoms with Crippen LogP contribution in [0.5, 0.6) is 0 Å². The maximum absolute atomic E-state index is 13.0. The van der Waals surface area contributed by atoms with Crippen molar-refractivity contribution in [2.24, 2.45) is 35.0 Å². The summed E-state index contributed by atoms with van der Waals surface area (Å²) in [5.74, 6) is 1.15. The molecule has 0 aromatic rings. The van der Waals surface area contributed by atoms with E-state index >= 15 is 0 Å². The molecule has 10 atom stereocenters. The third-order valence-electron chi connectivity index (χ3n) is 11.3. The van der Waals surface area contributed by atoms with E-state index in [1.54, 1.807) is 0 Å². The molecule has 1 N–H and O–H groups in total. The lowest BCUT2D eigenvalue weighted by Crippen LogP contribution is -2.62. The minimum absolute atomic E-state index is 0.0272. The summed E-state index contributed by atoms with van der Waals surface area (Å²) in [4.78, 5) is 13.0. The van der Waals surface area contributed by atoms with E-state index in [0.29, 0.717) is 11.8 Å². The lowest BCUT2D eigenvalue weighted by molar-refractivity contribution is -0.107. The second kappa shape index (κ2) is 7.99. The van der Waals surface area contributed by atoms with Crippen LogP contribution in [-0.2, 0) is 18.3 Å². The van der Waals surface area contributed by atoms with Crippen LogP contribution < -0.4 is 0 Å². The van der Waals surface area contributed by atoms with E-state index in [4.69, 9.17) is 18.3 Å². The van der Waals surface area contributed by atoms with Gasteiger partial charge in [0.1, 0.15) is 0 Å². The number of fused-ring (bicyclic) bond motifs is 4. The SMILES string of the molecule is C[C@@H]1[C@H]2OC(=O)O[C@]23C[C@](C)(O)C=C3[C@]2(O[Si](C)(C)C)C(C3[C@@H](C[C@H]2C)C3(C)C)[C@@H]1O[Si](C)(C)C(C)(C)C. The van der Waals surface area contributed by atoms with Crippen molar-refractivity contribution in [3.63, 3.8) is 0 Å². The van der Waals surface area contributed by atoms with Crippen LogP contribution in [0.2, 0.25) is 37.8 Å². The first-order chi connectivity index (χ1) is 17.0. The number of rotatable bonds is 4. The molecule has 1 spiro atoms.